The topological polar surface area (TPSA) is 75.5 Å². The Bertz CT molecular complexity index is 552. The van der Waals surface area contributed by atoms with Gasteiger partial charge in [0.2, 0.25) is 0 Å². The summed E-state index contributed by atoms with van der Waals surface area (Å²) in [6.07, 6.45) is 4.78. The molecule has 7 heteroatoms. The van der Waals surface area contributed by atoms with Crippen molar-refractivity contribution < 1.29 is 8.42 Å². The molecule has 2 N–H and O–H groups in total. The van der Waals surface area contributed by atoms with Gasteiger partial charge in [0.15, 0.2) is 15.8 Å². The fourth-order valence-electron chi connectivity index (χ4n) is 2.40. The van der Waals surface area contributed by atoms with Gasteiger partial charge in [0.05, 0.1) is 11.5 Å². The third-order valence-electron chi connectivity index (χ3n) is 3.51. The fraction of sp³-hybridized carbons (Fsp3) is 0.643. The Morgan fingerprint density at radius 3 is 2.71 bits per heavy atom. The summed E-state index contributed by atoms with van der Waals surface area (Å²) >= 11 is 0. The molecule has 0 spiro atoms. The van der Waals surface area contributed by atoms with E-state index in [2.05, 4.69) is 20.2 Å². The van der Waals surface area contributed by atoms with Crippen molar-refractivity contribution >= 4 is 15.8 Å². The van der Waals surface area contributed by atoms with Gasteiger partial charge in [-0.2, -0.15) is 0 Å². The number of nitrogens with zero attached hydrogens (tertiary/aromatic N) is 2. The summed E-state index contributed by atoms with van der Waals surface area (Å²) in [7, 11) is -2.82. The van der Waals surface area contributed by atoms with Gasteiger partial charge in [0.1, 0.15) is 0 Å². The molecule has 0 bridgehead atoms. The number of aromatic nitrogens is 1. The summed E-state index contributed by atoms with van der Waals surface area (Å²) in [5, 5.41) is 6.46. The molecule has 1 fully saturated rings. The van der Waals surface area contributed by atoms with Gasteiger partial charge in [-0.25, -0.2) is 8.42 Å². The maximum atomic E-state index is 11.4. The smallest absolute Gasteiger partial charge is 0.191 e. The Hall–Kier alpha value is -1.50. The van der Waals surface area contributed by atoms with Crippen molar-refractivity contribution in [3.63, 3.8) is 0 Å². The van der Waals surface area contributed by atoms with Crippen LogP contribution in [0.25, 0.3) is 0 Å². The first-order valence-corrected chi connectivity index (χ1v) is 9.24. The molecule has 0 aromatic carbocycles. The van der Waals surface area contributed by atoms with Crippen molar-refractivity contribution in [3.8, 4) is 0 Å². The van der Waals surface area contributed by atoms with Gasteiger partial charge in [-0.15, -0.1) is 0 Å². The van der Waals surface area contributed by atoms with Gasteiger partial charge >= 0.3 is 0 Å². The third-order valence-corrected chi connectivity index (χ3v) is 5.34. The van der Waals surface area contributed by atoms with E-state index in [1.165, 1.54) is 0 Å². The van der Waals surface area contributed by atoms with Crippen LogP contribution in [0.1, 0.15) is 13.3 Å². The normalized spacial score (nSPS) is 21.4. The lowest BCUT2D eigenvalue weighted by Crippen LogP contribution is -2.39. The summed E-state index contributed by atoms with van der Waals surface area (Å²) in [6, 6.07) is 4.00. The van der Waals surface area contributed by atoms with E-state index in [-0.39, 0.29) is 11.7 Å². The molecule has 118 valence electrons. The Labute approximate surface area is 126 Å². The highest BCUT2D eigenvalue weighted by Gasteiger charge is 2.27. The molecule has 0 radical (unpaired) electrons. The average Bonchev–Trinajstić information content (AvgIpc) is 3.05. The van der Waals surface area contributed by atoms with Crippen LogP contribution in [0.4, 0.5) is 0 Å². The first-order chi connectivity index (χ1) is 10.1. The summed E-state index contributed by atoms with van der Waals surface area (Å²) in [6.45, 7) is 5.03. The second kappa shape index (κ2) is 7.49. The third kappa shape index (κ3) is 5.41. The zero-order chi connectivity index (χ0) is 15.1. The molecule has 6 nitrogen and oxygen atoms in total. The Balaban J connectivity index is 1.78. The van der Waals surface area contributed by atoms with Crippen LogP contribution < -0.4 is 10.6 Å². The number of guanidine groups is 1. The predicted molar refractivity (Wildman–Crippen MR) is 85.2 cm³/mol. The van der Waals surface area contributed by atoms with Crippen LogP contribution in [0.5, 0.6) is 0 Å². The highest BCUT2D eigenvalue weighted by atomic mass is 32.2. The monoisotopic (exact) mass is 312 g/mol. The highest BCUT2D eigenvalue weighted by Crippen LogP contribution is 2.18. The van der Waals surface area contributed by atoms with Gasteiger partial charge in [-0.05, 0) is 31.4 Å². The minimum Gasteiger partial charge on any atom is -0.357 e. The standard InChI is InChI=1S/C14H24N4O2S/c1-2-15-14(16-6-9-18-7-3-4-8-18)17-11-13-5-10-21(19,20)12-13/h3-4,7-8,13H,2,5-6,9-12H2,1H3,(H2,15,16,17). The zero-order valence-electron chi connectivity index (χ0n) is 12.5. The molecule has 0 amide bonds. The van der Waals surface area contributed by atoms with Crippen LogP contribution in [0, 0.1) is 5.92 Å². The first kappa shape index (κ1) is 15.9. The van der Waals surface area contributed by atoms with E-state index >= 15 is 0 Å². The quantitative estimate of drug-likeness (QED) is 0.592. The van der Waals surface area contributed by atoms with Crippen molar-refractivity contribution in [2.45, 2.75) is 19.9 Å². The number of hydrogen-bond donors (Lipinski definition) is 2. The number of sulfone groups is 1. The number of hydrogen-bond acceptors (Lipinski definition) is 3. The van der Waals surface area contributed by atoms with Crippen LogP contribution in [0.15, 0.2) is 29.5 Å². The maximum absolute atomic E-state index is 11.4. The molecule has 1 aliphatic heterocycles. The van der Waals surface area contributed by atoms with Gasteiger partial charge in [0, 0.05) is 38.6 Å². The van der Waals surface area contributed by atoms with Gasteiger partial charge in [-0.3, -0.25) is 4.99 Å². The molecule has 0 saturated carbocycles. The van der Waals surface area contributed by atoms with E-state index in [1.807, 2.05) is 31.5 Å². The van der Waals surface area contributed by atoms with E-state index in [0.717, 1.165) is 32.0 Å². The van der Waals surface area contributed by atoms with E-state index in [1.54, 1.807) is 0 Å². The summed E-state index contributed by atoms with van der Waals surface area (Å²) in [5.74, 6) is 1.51. The van der Waals surface area contributed by atoms with E-state index < -0.39 is 9.84 Å². The molecule has 1 unspecified atom stereocenters. The Morgan fingerprint density at radius 1 is 1.33 bits per heavy atom. The molecule has 1 saturated heterocycles. The maximum Gasteiger partial charge on any atom is 0.191 e. The zero-order valence-corrected chi connectivity index (χ0v) is 13.3. The van der Waals surface area contributed by atoms with Crippen molar-refractivity contribution in [1.29, 1.82) is 0 Å². The number of aliphatic imine (C=N–C) groups is 1. The van der Waals surface area contributed by atoms with Gasteiger partial charge in [0.25, 0.3) is 0 Å². The highest BCUT2D eigenvalue weighted by molar-refractivity contribution is 7.91. The van der Waals surface area contributed by atoms with Crippen LogP contribution in [-0.4, -0.2) is 50.1 Å². The van der Waals surface area contributed by atoms with Crippen LogP contribution in [-0.2, 0) is 16.4 Å². The fourth-order valence-corrected chi connectivity index (χ4v) is 4.25. The van der Waals surface area contributed by atoms with Crippen molar-refractivity contribution in [2.75, 3.05) is 31.1 Å². The molecule has 1 aromatic heterocycles. The Morgan fingerprint density at radius 2 is 2.10 bits per heavy atom. The van der Waals surface area contributed by atoms with Crippen LogP contribution in [0.2, 0.25) is 0 Å². The average molecular weight is 312 g/mol. The van der Waals surface area contributed by atoms with Crippen molar-refractivity contribution in [3.05, 3.63) is 24.5 Å². The molecule has 1 aromatic rings. The van der Waals surface area contributed by atoms with Crippen LogP contribution >= 0.6 is 0 Å². The Kier molecular flexibility index (Phi) is 5.67. The minimum atomic E-state index is -2.82. The lowest BCUT2D eigenvalue weighted by molar-refractivity contribution is 0.588. The lowest BCUT2D eigenvalue weighted by atomic mass is 10.1. The van der Waals surface area contributed by atoms with Crippen molar-refractivity contribution in [2.24, 2.45) is 10.9 Å². The largest absolute Gasteiger partial charge is 0.357 e. The first-order valence-electron chi connectivity index (χ1n) is 7.42. The van der Waals surface area contributed by atoms with Crippen LogP contribution in [0.3, 0.4) is 0 Å². The summed E-state index contributed by atoms with van der Waals surface area (Å²) in [5.41, 5.74) is 0. The van der Waals surface area contributed by atoms with E-state index in [0.29, 0.717) is 12.3 Å². The molecule has 2 heterocycles. The van der Waals surface area contributed by atoms with E-state index in [9.17, 15) is 8.42 Å². The molecular formula is C14H24N4O2S. The van der Waals surface area contributed by atoms with Gasteiger partial charge in [-0.1, -0.05) is 0 Å². The molecule has 0 aliphatic carbocycles. The number of nitrogens with one attached hydrogen (secondary N) is 2. The summed E-state index contributed by atoms with van der Waals surface area (Å²) < 4.78 is 25.0. The lowest BCUT2D eigenvalue weighted by Gasteiger charge is -2.12. The predicted octanol–water partition coefficient (Wildman–Crippen LogP) is 0.478. The molecular weight excluding hydrogens is 288 g/mol. The van der Waals surface area contributed by atoms with Crippen molar-refractivity contribution in [1.82, 2.24) is 15.2 Å². The minimum absolute atomic E-state index is 0.162. The SMILES string of the molecule is CCNC(=NCC1CCS(=O)(=O)C1)NCCn1cccc1. The molecule has 1 atom stereocenters. The van der Waals surface area contributed by atoms with Gasteiger partial charge < -0.3 is 15.2 Å². The number of rotatable bonds is 6. The molecule has 2 rings (SSSR count). The van der Waals surface area contributed by atoms with E-state index in [4.69, 9.17) is 0 Å². The second-order valence-electron chi connectivity index (χ2n) is 5.34. The second-order valence-corrected chi connectivity index (χ2v) is 7.57. The molecule has 1 aliphatic rings. The summed E-state index contributed by atoms with van der Waals surface area (Å²) in [4.78, 5) is 4.50. The molecule has 21 heavy (non-hydrogen) atoms.